The van der Waals surface area contributed by atoms with Gasteiger partial charge in [0.2, 0.25) is 11.8 Å². The zero-order valence-corrected chi connectivity index (χ0v) is 12.4. The van der Waals surface area contributed by atoms with Crippen LogP contribution in [-0.4, -0.2) is 56.0 Å². The van der Waals surface area contributed by atoms with Crippen LogP contribution in [0, 0.1) is 0 Å². The van der Waals surface area contributed by atoms with Gasteiger partial charge < -0.3 is 25.8 Å². The molecule has 0 saturated heterocycles. The van der Waals surface area contributed by atoms with E-state index in [1.54, 1.807) is 0 Å². The molecule has 0 saturated carbocycles. The predicted molar refractivity (Wildman–Crippen MR) is 76.3 cm³/mol. The Balaban J connectivity index is 2.63. The van der Waals surface area contributed by atoms with E-state index in [4.69, 9.17) is 10.2 Å². The van der Waals surface area contributed by atoms with E-state index in [9.17, 15) is 19.2 Å². The Bertz CT molecular complexity index is 555. The van der Waals surface area contributed by atoms with E-state index in [0.717, 1.165) is 0 Å². The van der Waals surface area contributed by atoms with Crippen LogP contribution in [-0.2, 0) is 25.6 Å². The van der Waals surface area contributed by atoms with Crippen LogP contribution in [0.4, 0.5) is 0 Å². The normalized spacial score (nSPS) is 12.9. The number of H-pyrrole nitrogens is 1. The van der Waals surface area contributed by atoms with E-state index in [-0.39, 0.29) is 12.8 Å². The van der Waals surface area contributed by atoms with Gasteiger partial charge in [-0.2, -0.15) is 0 Å². The molecule has 0 aliphatic rings. The van der Waals surface area contributed by atoms with Crippen LogP contribution in [0.15, 0.2) is 12.5 Å². The van der Waals surface area contributed by atoms with Gasteiger partial charge in [-0.1, -0.05) is 0 Å². The second-order valence-corrected chi connectivity index (χ2v) is 4.92. The molecule has 0 spiro atoms. The molecule has 0 aliphatic carbocycles. The second-order valence-electron chi connectivity index (χ2n) is 4.92. The van der Waals surface area contributed by atoms with Gasteiger partial charge in [0.05, 0.1) is 18.4 Å². The summed E-state index contributed by atoms with van der Waals surface area (Å²) < 4.78 is 0. The first-order chi connectivity index (χ1) is 10.8. The van der Waals surface area contributed by atoms with Gasteiger partial charge in [0.1, 0.15) is 6.04 Å². The van der Waals surface area contributed by atoms with E-state index in [1.165, 1.54) is 19.4 Å². The van der Waals surface area contributed by atoms with Crippen LogP contribution in [0.3, 0.4) is 0 Å². The number of nitrogens with zero attached hydrogens (tertiary/aromatic N) is 1. The maximum atomic E-state index is 11.9. The number of imidazole rings is 1. The first-order valence-electron chi connectivity index (χ1n) is 6.76. The van der Waals surface area contributed by atoms with E-state index in [1.807, 2.05) is 0 Å². The highest BCUT2D eigenvalue weighted by atomic mass is 16.4. The number of carboxylic acids is 2. The lowest BCUT2D eigenvalue weighted by Gasteiger charge is -2.18. The van der Waals surface area contributed by atoms with Gasteiger partial charge in [0.25, 0.3) is 0 Å². The minimum absolute atomic E-state index is 0.0195. The van der Waals surface area contributed by atoms with Crippen molar-refractivity contribution in [2.45, 2.75) is 38.3 Å². The van der Waals surface area contributed by atoms with Crippen LogP contribution in [0.2, 0.25) is 0 Å². The van der Waals surface area contributed by atoms with Crippen LogP contribution >= 0.6 is 0 Å². The molecule has 10 heteroatoms. The molecule has 0 aromatic carbocycles. The van der Waals surface area contributed by atoms with Gasteiger partial charge in [-0.15, -0.1) is 0 Å². The lowest BCUT2D eigenvalue weighted by molar-refractivity contribution is -0.142. The van der Waals surface area contributed by atoms with Crippen molar-refractivity contribution in [1.82, 2.24) is 20.6 Å². The number of aromatic nitrogens is 2. The van der Waals surface area contributed by atoms with Gasteiger partial charge in [-0.3, -0.25) is 14.4 Å². The molecule has 0 bridgehead atoms. The SMILES string of the molecule is CC(=O)NC(CC(=O)O)CC(=O)NC(Cc1c[nH]cn1)C(=O)O. The molecule has 10 nitrogen and oxygen atoms in total. The third-order valence-corrected chi connectivity index (χ3v) is 2.86. The van der Waals surface area contributed by atoms with Crippen molar-refractivity contribution in [3.05, 3.63) is 18.2 Å². The molecule has 126 valence electrons. The molecule has 2 amide bonds. The fourth-order valence-electron chi connectivity index (χ4n) is 1.96. The Labute approximate surface area is 131 Å². The van der Waals surface area contributed by atoms with E-state index < -0.39 is 42.3 Å². The first kappa shape index (κ1) is 18.1. The maximum Gasteiger partial charge on any atom is 0.326 e. The molecule has 1 aromatic rings. The summed E-state index contributed by atoms with van der Waals surface area (Å²) in [6, 6.07) is -2.11. The summed E-state index contributed by atoms with van der Waals surface area (Å²) in [5.41, 5.74) is 0.460. The third-order valence-electron chi connectivity index (χ3n) is 2.86. The van der Waals surface area contributed by atoms with Gasteiger partial charge >= 0.3 is 11.9 Å². The number of rotatable bonds is 9. The molecule has 1 aromatic heterocycles. The summed E-state index contributed by atoms with van der Waals surface area (Å²) in [5.74, 6) is -3.57. The average Bonchev–Trinajstić information content (AvgIpc) is 2.88. The standard InChI is InChI=1S/C13H18N4O6/c1-7(18)16-8(4-12(20)21)3-11(19)17-10(13(22)23)2-9-5-14-6-15-9/h5-6,8,10H,2-4H2,1H3,(H,14,15)(H,16,18)(H,17,19)(H,20,21)(H,22,23). The fourth-order valence-corrected chi connectivity index (χ4v) is 1.96. The van der Waals surface area contributed by atoms with Crippen LogP contribution < -0.4 is 10.6 Å². The van der Waals surface area contributed by atoms with Gasteiger partial charge in [-0.25, -0.2) is 9.78 Å². The lowest BCUT2D eigenvalue weighted by atomic mass is 10.1. The summed E-state index contributed by atoms with van der Waals surface area (Å²) >= 11 is 0. The summed E-state index contributed by atoms with van der Waals surface area (Å²) in [5, 5.41) is 22.5. The number of aromatic amines is 1. The van der Waals surface area contributed by atoms with E-state index in [2.05, 4.69) is 20.6 Å². The maximum absolute atomic E-state index is 11.9. The number of hydrogen-bond donors (Lipinski definition) is 5. The lowest BCUT2D eigenvalue weighted by Crippen LogP contribution is -2.46. The first-order valence-corrected chi connectivity index (χ1v) is 6.76. The van der Waals surface area contributed by atoms with Crippen LogP contribution in [0.25, 0.3) is 0 Å². The minimum Gasteiger partial charge on any atom is -0.481 e. The molecule has 1 heterocycles. The number of amides is 2. The Morgan fingerprint density at radius 2 is 1.91 bits per heavy atom. The molecule has 0 radical (unpaired) electrons. The Kier molecular flexibility index (Phi) is 6.71. The molecule has 5 N–H and O–H groups in total. The molecule has 0 aliphatic heterocycles. The van der Waals surface area contributed by atoms with E-state index in [0.29, 0.717) is 5.69 Å². The molecular formula is C13H18N4O6. The smallest absolute Gasteiger partial charge is 0.326 e. The predicted octanol–water partition coefficient (Wildman–Crippen LogP) is -1.11. The van der Waals surface area contributed by atoms with Crippen molar-refractivity contribution < 1.29 is 29.4 Å². The van der Waals surface area contributed by atoms with Gasteiger partial charge in [-0.05, 0) is 0 Å². The highest BCUT2D eigenvalue weighted by Gasteiger charge is 2.24. The summed E-state index contributed by atoms with van der Waals surface area (Å²) in [6.45, 7) is 1.20. The number of carbonyl (C=O) groups excluding carboxylic acids is 2. The molecule has 2 unspecified atom stereocenters. The topological polar surface area (TPSA) is 161 Å². The van der Waals surface area contributed by atoms with Crippen molar-refractivity contribution in [3.8, 4) is 0 Å². The fraction of sp³-hybridized carbons (Fsp3) is 0.462. The Morgan fingerprint density at radius 1 is 1.22 bits per heavy atom. The van der Waals surface area contributed by atoms with Gasteiger partial charge in [0, 0.05) is 32.0 Å². The second kappa shape index (κ2) is 8.51. The number of carboxylic acid groups (broad SMARTS) is 2. The van der Waals surface area contributed by atoms with Crippen molar-refractivity contribution >= 4 is 23.8 Å². The number of hydrogen-bond acceptors (Lipinski definition) is 5. The Hall–Kier alpha value is -2.91. The van der Waals surface area contributed by atoms with Crippen molar-refractivity contribution in [2.24, 2.45) is 0 Å². The highest BCUT2D eigenvalue weighted by molar-refractivity contribution is 5.85. The summed E-state index contributed by atoms with van der Waals surface area (Å²) in [7, 11) is 0. The molecule has 1 rings (SSSR count). The molecular weight excluding hydrogens is 308 g/mol. The number of carbonyl (C=O) groups is 4. The monoisotopic (exact) mass is 326 g/mol. The molecule has 0 fully saturated rings. The summed E-state index contributed by atoms with van der Waals surface area (Å²) in [6.07, 6.45) is 2.09. The summed E-state index contributed by atoms with van der Waals surface area (Å²) in [4.78, 5) is 51.4. The Morgan fingerprint density at radius 3 is 2.39 bits per heavy atom. The van der Waals surface area contributed by atoms with Crippen LogP contribution in [0.1, 0.15) is 25.5 Å². The average molecular weight is 326 g/mol. The third kappa shape index (κ3) is 7.07. The van der Waals surface area contributed by atoms with Crippen molar-refractivity contribution in [2.75, 3.05) is 0 Å². The number of nitrogens with one attached hydrogen (secondary N) is 3. The number of aliphatic carboxylic acids is 2. The van der Waals surface area contributed by atoms with Crippen LogP contribution in [0.5, 0.6) is 0 Å². The highest BCUT2D eigenvalue weighted by Crippen LogP contribution is 2.03. The van der Waals surface area contributed by atoms with E-state index >= 15 is 0 Å². The molecule has 2 atom stereocenters. The van der Waals surface area contributed by atoms with Crippen molar-refractivity contribution in [1.29, 1.82) is 0 Å². The zero-order valence-electron chi connectivity index (χ0n) is 12.4. The quantitative estimate of drug-likeness (QED) is 0.384. The van der Waals surface area contributed by atoms with Gasteiger partial charge in [0.15, 0.2) is 0 Å². The zero-order chi connectivity index (χ0) is 17.4. The molecule has 23 heavy (non-hydrogen) atoms. The largest absolute Gasteiger partial charge is 0.481 e. The van der Waals surface area contributed by atoms with Crippen molar-refractivity contribution in [3.63, 3.8) is 0 Å². The minimum atomic E-state index is -1.24.